The minimum absolute atomic E-state index is 0.0914. The molecule has 1 amide bonds. The summed E-state index contributed by atoms with van der Waals surface area (Å²) < 4.78 is 11.4. The van der Waals surface area contributed by atoms with E-state index in [1.807, 2.05) is 66.7 Å². The predicted molar refractivity (Wildman–Crippen MR) is 136 cm³/mol. The van der Waals surface area contributed by atoms with Crippen molar-refractivity contribution in [1.29, 1.82) is 0 Å². The minimum atomic E-state index is -0.0914. The number of benzene rings is 3. The topological polar surface area (TPSA) is 67.6 Å². The number of carbonyl (C=O) groups excluding carboxylic acids is 1. The predicted octanol–water partition coefficient (Wildman–Crippen LogP) is 5.41. The summed E-state index contributed by atoms with van der Waals surface area (Å²) in [7, 11) is 1.69. The van der Waals surface area contributed by atoms with Crippen molar-refractivity contribution in [3.05, 3.63) is 96.2 Å². The molecule has 6 heteroatoms. The summed E-state index contributed by atoms with van der Waals surface area (Å²) in [5.74, 6) is 1.92. The standard InChI is InChI=1S/C29H29N3O3/c1-34-24-11-7-8-21(18-24)20-32-16-14-23(15-17-32)31-28(33)25-12-5-6-13-26(25)29-30-19-27(35-29)22-9-3-2-4-10-22/h2-13,18-19,23H,14-17,20H2,1H3,(H,31,33). The summed E-state index contributed by atoms with van der Waals surface area (Å²) in [6.07, 6.45) is 3.53. The van der Waals surface area contributed by atoms with E-state index in [0.717, 1.165) is 43.8 Å². The van der Waals surface area contributed by atoms with Crippen LogP contribution in [0.3, 0.4) is 0 Å². The summed E-state index contributed by atoms with van der Waals surface area (Å²) in [5, 5.41) is 3.23. The van der Waals surface area contributed by atoms with Crippen molar-refractivity contribution in [3.8, 4) is 28.5 Å². The van der Waals surface area contributed by atoms with Crippen molar-refractivity contribution >= 4 is 5.91 Å². The molecular weight excluding hydrogens is 438 g/mol. The van der Waals surface area contributed by atoms with Crippen LogP contribution in [0.4, 0.5) is 0 Å². The van der Waals surface area contributed by atoms with E-state index in [9.17, 15) is 4.79 Å². The van der Waals surface area contributed by atoms with Crippen molar-refractivity contribution in [1.82, 2.24) is 15.2 Å². The van der Waals surface area contributed by atoms with Crippen LogP contribution in [0.1, 0.15) is 28.8 Å². The Hall–Kier alpha value is -3.90. The average Bonchev–Trinajstić information content (AvgIpc) is 3.41. The molecule has 3 aromatic carbocycles. The van der Waals surface area contributed by atoms with Crippen LogP contribution in [0.25, 0.3) is 22.8 Å². The van der Waals surface area contributed by atoms with Crippen LogP contribution in [0.5, 0.6) is 5.75 Å². The highest BCUT2D eigenvalue weighted by atomic mass is 16.5. The second-order valence-corrected chi connectivity index (χ2v) is 8.82. The number of oxazole rings is 1. The van der Waals surface area contributed by atoms with Gasteiger partial charge in [0.25, 0.3) is 5.91 Å². The molecule has 5 rings (SSSR count). The molecular formula is C29H29N3O3. The Morgan fingerprint density at radius 1 is 1.03 bits per heavy atom. The zero-order chi connectivity index (χ0) is 24.0. The molecule has 4 aromatic rings. The molecule has 2 heterocycles. The van der Waals surface area contributed by atoms with Gasteiger partial charge in [0.1, 0.15) is 5.75 Å². The molecule has 1 fully saturated rings. The van der Waals surface area contributed by atoms with E-state index in [0.29, 0.717) is 22.8 Å². The molecule has 0 radical (unpaired) electrons. The Morgan fingerprint density at radius 3 is 2.60 bits per heavy atom. The summed E-state index contributed by atoms with van der Waals surface area (Å²) in [5.41, 5.74) is 3.46. The molecule has 1 aliphatic heterocycles. The first-order chi connectivity index (χ1) is 17.2. The van der Waals surface area contributed by atoms with Gasteiger partial charge in [0.15, 0.2) is 5.76 Å². The third kappa shape index (κ3) is 5.44. The van der Waals surface area contributed by atoms with Gasteiger partial charge in [-0.2, -0.15) is 0 Å². The fourth-order valence-corrected chi connectivity index (χ4v) is 4.53. The van der Waals surface area contributed by atoms with Crippen LogP contribution >= 0.6 is 0 Å². The van der Waals surface area contributed by atoms with E-state index in [2.05, 4.69) is 27.3 Å². The van der Waals surface area contributed by atoms with Gasteiger partial charge in [-0.05, 0) is 42.7 Å². The molecule has 0 bridgehead atoms. The average molecular weight is 468 g/mol. The largest absolute Gasteiger partial charge is 0.497 e. The smallest absolute Gasteiger partial charge is 0.252 e. The molecule has 1 aromatic heterocycles. The number of hydrogen-bond acceptors (Lipinski definition) is 5. The SMILES string of the molecule is COc1cccc(CN2CCC(NC(=O)c3ccccc3-c3ncc(-c4ccccc4)o3)CC2)c1. The highest BCUT2D eigenvalue weighted by Gasteiger charge is 2.23. The minimum Gasteiger partial charge on any atom is -0.497 e. The van der Waals surface area contributed by atoms with E-state index >= 15 is 0 Å². The highest BCUT2D eigenvalue weighted by molar-refractivity contribution is 6.00. The Bertz CT molecular complexity index is 1280. The van der Waals surface area contributed by atoms with Crippen LogP contribution in [-0.2, 0) is 6.54 Å². The lowest BCUT2D eigenvalue weighted by Gasteiger charge is -2.32. The number of likely N-dealkylation sites (tertiary alicyclic amines) is 1. The number of aromatic nitrogens is 1. The lowest BCUT2D eigenvalue weighted by molar-refractivity contribution is 0.0909. The number of carbonyl (C=O) groups is 1. The van der Waals surface area contributed by atoms with Crippen LogP contribution < -0.4 is 10.1 Å². The molecule has 1 N–H and O–H groups in total. The van der Waals surface area contributed by atoms with Gasteiger partial charge >= 0.3 is 0 Å². The number of methoxy groups -OCH3 is 1. The molecule has 0 atom stereocenters. The number of nitrogens with zero attached hydrogens (tertiary/aromatic N) is 2. The molecule has 0 unspecified atom stereocenters. The lowest BCUT2D eigenvalue weighted by atomic mass is 10.0. The van der Waals surface area contributed by atoms with Gasteiger partial charge in [0.2, 0.25) is 5.89 Å². The van der Waals surface area contributed by atoms with E-state index in [-0.39, 0.29) is 11.9 Å². The van der Waals surface area contributed by atoms with Gasteiger partial charge in [-0.1, -0.05) is 54.6 Å². The van der Waals surface area contributed by atoms with Crippen molar-refractivity contribution in [2.75, 3.05) is 20.2 Å². The van der Waals surface area contributed by atoms with Crippen molar-refractivity contribution in [2.24, 2.45) is 0 Å². The number of ether oxygens (including phenoxy) is 1. The molecule has 0 saturated carbocycles. The lowest BCUT2D eigenvalue weighted by Crippen LogP contribution is -2.44. The Kier molecular flexibility index (Phi) is 6.91. The first-order valence-corrected chi connectivity index (χ1v) is 12.0. The van der Waals surface area contributed by atoms with E-state index < -0.39 is 0 Å². The van der Waals surface area contributed by atoms with Crippen LogP contribution in [0, 0.1) is 0 Å². The normalized spacial score (nSPS) is 14.5. The molecule has 35 heavy (non-hydrogen) atoms. The fourth-order valence-electron chi connectivity index (χ4n) is 4.53. The zero-order valence-electron chi connectivity index (χ0n) is 19.8. The summed E-state index contributed by atoms with van der Waals surface area (Å²) in [6.45, 7) is 2.75. The van der Waals surface area contributed by atoms with Gasteiger partial charge in [0.05, 0.1) is 18.9 Å². The van der Waals surface area contributed by atoms with Gasteiger partial charge in [-0.3, -0.25) is 9.69 Å². The monoisotopic (exact) mass is 467 g/mol. The van der Waals surface area contributed by atoms with Crippen molar-refractivity contribution < 1.29 is 13.9 Å². The van der Waals surface area contributed by atoms with E-state index in [4.69, 9.17) is 9.15 Å². The highest BCUT2D eigenvalue weighted by Crippen LogP contribution is 2.28. The second-order valence-electron chi connectivity index (χ2n) is 8.82. The Balaban J connectivity index is 1.22. The van der Waals surface area contributed by atoms with Crippen molar-refractivity contribution in [3.63, 3.8) is 0 Å². The number of hydrogen-bond donors (Lipinski definition) is 1. The maximum absolute atomic E-state index is 13.2. The summed E-state index contributed by atoms with van der Waals surface area (Å²) in [4.78, 5) is 20.1. The molecule has 1 aliphatic rings. The number of piperidine rings is 1. The van der Waals surface area contributed by atoms with Crippen LogP contribution in [0.2, 0.25) is 0 Å². The Labute approximate surface area is 205 Å². The quantitative estimate of drug-likeness (QED) is 0.394. The van der Waals surface area contributed by atoms with Crippen LogP contribution in [0.15, 0.2) is 89.5 Å². The molecule has 0 aliphatic carbocycles. The molecule has 178 valence electrons. The third-order valence-corrected chi connectivity index (χ3v) is 6.43. The fraction of sp³-hybridized carbons (Fsp3) is 0.241. The first kappa shape index (κ1) is 22.9. The van der Waals surface area contributed by atoms with Gasteiger partial charge in [-0.15, -0.1) is 0 Å². The molecule has 0 spiro atoms. The van der Waals surface area contributed by atoms with Gasteiger partial charge in [0, 0.05) is 36.8 Å². The second kappa shape index (κ2) is 10.6. The zero-order valence-corrected chi connectivity index (χ0v) is 19.8. The molecule has 1 saturated heterocycles. The maximum atomic E-state index is 13.2. The van der Waals surface area contributed by atoms with Crippen LogP contribution in [-0.4, -0.2) is 42.0 Å². The summed E-state index contributed by atoms with van der Waals surface area (Å²) in [6, 6.07) is 25.6. The summed E-state index contributed by atoms with van der Waals surface area (Å²) >= 11 is 0. The number of amides is 1. The van der Waals surface area contributed by atoms with E-state index in [1.54, 1.807) is 13.3 Å². The van der Waals surface area contributed by atoms with Gasteiger partial charge < -0.3 is 14.5 Å². The number of rotatable bonds is 7. The van der Waals surface area contributed by atoms with Crippen molar-refractivity contribution in [2.45, 2.75) is 25.4 Å². The first-order valence-electron chi connectivity index (χ1n) is 12.0. The number of nitrogens with one attached hydrogen (secondary N) is 1. The van der Waals surface area contributed by atoms with E-state index in [1.165, 1.54) is 5.56 Å². The maximum Gasteiger partial charge on any atom is 0.252 e. The van der Waals surface area contributed by atoms with Gasteiger partial charge in [-0.25, -0.2) is 4.98 Å². The Morgan fingerprint density at radius 2 is 1.80 bits per heavy atom. The third-order valence-electron chi connectivity index (χ3n) is 6.43. The molecule has 6 nitrogen and oxygen atoms in total.